The van der Waals surface area contributed by atoms with Crippen molar-refractivity contribution in [2.75, 3.05) is 0 Å². The van der Waals surface area contributed by atoms with Crippen LogP contribution in [-0.4, -0.2) is 38.0 Å². The normalized spacial score (nSPS) is 16.5. The van der Waals surface area contributed by atoms with Crippen molar-refractivity contribution in [3.63, 3.8) is 0 Å². The fraction of sp³-hybridized carbons (Fsp3) is 0.600. The fourth-order valence-electron chi connectivity index (χ4n) is 1.63. The van der Waals surface area contributed by atoms with Crippen LogP contribution >= 0.6 is 0 Å². The molecule has 1 saturated carbocycles. The third-order valence-corrected chi connectivity index (χ3v) is 2.78. The predicted octanol–water partition coefficient (Wildman–Crippen LogP) is -0.109. The number of carbonyl (C=O) groups is 2. The zero-order chi connectivity index (χ0) is 12.4. The maximum absolute atomic E-state index is 11.6. The minimum absolute atomic E-state index is 0.00264. The van der Waals surface area contributed by atoms with Gasteiger partial charge in [0, 0.05) is 6.04 Å². The summed E-state index contributed by atoms with van der Waals surface area (Å²) < 4.78 is 1.22. The molecule has 0 aromatic carbocycles. The van der Waals surface area contributed by atoms with Crippen molar-refractivity contribution in [1.29, 1.82) is 0 Å². The predicted molar refractivity (Wildman–Crippen MR) is 57.3 cm³/mol. The van der Waals surface area contributed by atoms with Gasteiger partial charge in [0.05, 0.1) is 6.20 Å². The number of carbonyl (C=O) groups excluding carboxylic acids is 1. The largest absolute Gasteiger partial charge is 0.476 e. The second-order valence-electron chi connectivity index (χ2n) is 4.30. The fourth-order valence-corrected chi connectivity index (χ4v) is 1.63. The Bertz CT molecular complexity index is 439. The smallest absolute Gasteiger partial charge is 0.358 e. The lowest BCUT2D eigenvalue weighted by atomic mass is 10.2. The Kier molecular flexibility index (Phi) is 3.08. The molecule has 0 radical (unpaired) electrons. The number of rotatable bonds is 5. The van der Waals surface area contributed by atoms with Gasteiger partial charge in [0.1, 0.15) is 6.54 Å². The molecule has 1 amide bonds. The van der Waals surface area contributed by atoms with Gasteiger partial charge in [0.15, 0.2) is 5.69 Å². The summed E-state index contributed by atoms with van der Waals surface area (Å²) in [5, 5.41) is 18.5. The van der Waals surface area contributed by atoms with Crippen LogP contribution in [0.5, 0.6) is 0 Å². The standard InChI is InChI=1S/C10H14N4O3/c1-6(7-2-3-7)11-9(15)5-14-4-8(10(16)17)12-13-14/h4,6-7H,2-3,5H2,1H3,(H,11,15)(H,16,17). The molecule has 0 saturated heterocycles. The molecular formula is C10H14N4O3. The molecule has 1 aromatic rings. The summed E-state index contributed by atoms with van der Waals surface area (Å²) in [5.41, 5.74) is -0.159. The van der Waals surface area contributed by atoms with Crippen LogP contribution in [0.3, 0.4) is 0 Å². The van der Waals surface area contributed by atoms with Crippen molar-refractivity contribution in [2.45, 2.75) is 32.4 Å². The quantitative estimate of drug-likeness (QED) is 0.746. The summed E-state index contributed by atoms with van der Waals surface area (Å²) in [6, 6.07) is 0.171. The minimum Gasteiger partial charge on any atom is -0.476 e. The minimum atomic E-state index is -1.15. The first kappa shape index (κ1) is 11.6. The van der Waals surface area contributed by atoms with Crippen molar-refractivity contribution in [3.05, 3.63) is 11.9 Å². The molecule has 0 bridgehead atoms. The summed E-state index contributed by atoms with van der Waals surface area (Å²) >= 11 is 0. The lowest BCUT2D eigenvalue weighted by molar-refractivity contribution is -0.122. The van der Waals surface area contributed by atoms with Gasteiger partial charge in [-0.05, 0) is 25.7 Å². The van der Waals surface area contributed by atoms with E-state index in [9.17, 15) is 9.59 Å². The van der Waals surface area contributed by atoms with Crippen LogP contribution < -0.4 is 5.32 Å². The molecule has 1 unspecified atom stereocenters. The number of nitrogens with zero attached hydrogens (tertiary/aromatic N) is 3. The van der Waals surface area contributed by atoms with E-state index in [1.54, 1.807) is 0 Å². The molecule has 7 nitrogen and oxygen atoms in total. The van der Waals surface area contributed by atoms with Crippen LogP contribution in [0.4, 0.5) is 0 Å². The number of carboxylic acid groups (broad SMARTS) is 1. The number of nitrogens with one attached hydrogen (secondary N) is 1. The molecule has 1 aliphatic carbocycles. The average molecular weight is 238 g/mol. The van der Waals surface area contributed by atoms with Crippen LogP contribution in [0.2, 0.25) is 0 Å². The van der Waals surface area contributed by atoms with Gasteiger partial charge >= 0.3 is 5.97 Å². The zero-order valence-corrected chi connectivity index (χ0v) is 9.46. The van der Waals surface area contributed by atoms with Gasteiger partial charge in [0.25, 0.3) is 0 Å². The van der Waals surface area contributed by atoms with Crippen LogP contribution in [0, 0.1) is 5.92 Å². The van der Waals surface area contributed by atoms with Gasteiger partial charge in [0.2, 0.25) is 5.91 Å². The van der Waals surface area contributed by atoms with Gasteiger partial charge < -0.3 is 10.4 Å². The molecule has 0 spiro atoms. The van der Waals surface area contributed by atoms with E-state index in [1.807, 2.05) is 6.92 Å². The number of carboxylic acids is 1. The summed E-state index contributed by atoms with van der Waals surface area (Å²) in [5.74, 6) is -0.737. The molecule has 1 fully saturated rings. The van der Waals surface area contributed by atoms with Gasteiger partial charge in [-0.15, -0.1) is 5.10 Å². The van der Waals surface area contributed by atoms with Gasteiger partial charge in [-0.3, -0.25) is 4.79 Å². The second-order valence-corrected chi connectivity index (χ2v) is 4.30. The van der Waals surface area contributed by atoms with Crippen LogP contribution in [0.1, 0.15) is 30.3 Å². The monoisotopic (exact) mass is 238 g/mol. The molecular weight excluding hydrogens is 224 g/mol. The Morgan fingerprint density at radius 2 is 2.35 bits per heavy atom. The van der Waals surface area contributed by atoms with Crippen molar-refractivity contribution >= 4 is 11.9 Å². The Morgan fingerprint density at radius 3 is 2.88 bits per heavy atom. The number of hydrogen-bond acceptors (Lipinski definition) is 4. The summed E-state index contributed by atoms with van der Waals surface area (Å²) in [6.07, 6.45) is 3.56. The molecule has 1 aliphatic rings. The zero-order valence-electron chi connectivity index (χ0n) is 9.46. The maximum Gasteiger partial charge on any atom is 0.358 e. The Hall–Kier alpha value is -1.92. The van der Waals surface area contributed by atoms with Crippen molar-refractivity contribution in [1.82, 2.24) is 20.3 Å². The molecule has 2 rings (SSSR count). The van der Waals surface area contributed by atoms with E-state index in [0.29, 0.717) is 5.92 Å². The lowest BCUT2D eigenvalue weighted by Gasteiger charge is -2.12. The summed E-state index contributed by atoms with van der Waals surface area (Å²) in [7, 11) is 0. The second kappa shape index (κ2) is 4.52. The maximum atomic E-state index is 11.6. The Labute approximate surface area is 97.8 Å². The molecule has 0 aliphatic heterocycles. The topological polar surface area (TPSA) is 97.1 Å². The van der Waals surface area contributed by atoms with E-state index in [-0.39, 0.29) is 24.2 Å². The van der Waals surface area contributed by atoms with E-state index in [2.05, 4.69) is 15.6 Å². The number of aromatic carboxylic acids is 1. The van der Waals surface area contributed by atoms with Gasteiger partial charge in [-0.25, -0.2) is 9.48 Å². The van der Waals surface area contributed by atoms with Crippen molar-refractivity contribution in [3.8, 4) is 0 Å². The van der Waals surface area contributed by atoms with Crippen LogP contribution in [0.25, 0.3) is 0 Å². The molecule has 92 valence electrons. The van der Waals surface area contributed by atoms with E-state index in [1.165, 1.54) is 10.9 Å². The SMILES string of the molecule is CC(NC(=O)Cn1cc(C(=O)O)nn1)C1CC1. The molecule has 1 aromatic heterocycles. The molecule has 17 heavy (non-hydrogen) atoms. The highest BCUT2D eigenvalue weighted by molar-refractivity contribution is 5.84. The molecule has 2 N–H and O–H groups in total. The van der Waals surface area contributed by atoms with Crippen LogP contribution in [0.15, 0.2) is 6.20 Å². The van der Waals surface area contributed by atoms with E-state index < -0.39 is 5.97 Å². The van der Waals surface area contributed by atoms with E-state index in [4.69, 9.17) is 5.11 Å². The number of aromatic nitrogens is 3. The molecule has 7 heteroatoms. The summed E-state index contributed by atoms with van der Waals surface area (Å²) in [6.45, 7) is 1.97. The Morgan fingerprint density at radius 1 is 1.65 bits per heavy atom. The van der Waals surface area contributed by atoms with Crippen molar-refractivity contribution in [2.24, 2.45) is 5.92 Å². The first-order chi connectivity index (χ1) is 8.06. The Balaban J connectivity index is 1.86. The van der Waals surface area contributed by atoms with E-state index >= 15 is 0 Å². The number of hydrogen-bond donors (Lipinski definition) is 2. The first-order valence-electron chi connectivity index (χ1n) is 5.49. The summed E-state index contributed by atoms with van der Waals surface area (Å²) in [4.78, 5) is 22.1. The van der Waals surface area contributed by atoms with Crippen LogP contribution in [-0.2, 0) is 11.3 Å². The third kappa shape index (κ3) is 3.02. The first-order valence-corrected chi connectivity index (χ1v) is 5.49. The van der Waals surface area contributed by atoms with Gasteiger partial charge in [-0.1, -0.05) is 5.21 Å². The average Bonchev–Trinajstić information content (AvgIpc) is 2.99. The number of amides is 1. The lowest BCUT2D eigenvalue weighted by Crippen LogP contribution is -2.36. The van der Waals surface area contributed by atoms with Gasteiger partial charge in [-0.2, -0.15) is 0 Å². The highest BCUT2D eigenvalue weighted by Gasteiger charge is 2.28. The highest BCUT2D eigenvalue weighted by atomic mass is 16.4. The van der Waals surface area contributed by atoms with Crippen molar-refractivity contribution < 1.29 is 14.7 Å². The highest BCUT2D eigenvalue weighted by Crippen LogP contribution is 2.32. The third-order valence-electron chi connectivity index (χ3n) is 2.78. The molecule has 1 atom stereocenters. The van der Waals surface area contributed by atoms with E-state index in [0.717, 1.165) is 12.8 Å². The molecule has 1 heterocycles.